The van der Waals surface area contributed by atoms with Gasteiger partial charge in [-0.25, -0.2) is 0 Å². The van der Waals surface area contributed by atoms with Gasteiger partial charge in [0.05, 0.1) is 0 Å². The maximum absolute atomic E-state index is 6.38. The molecule has 0 bridgehead atoms. The fourth-order valence-electron chi connectivity index (χ4n) is 6.05. The van der Waals surface area contributed by atoms with Crippen molar-refractivity contribution in [2.45, 2.75) is 40.0 Å². The molecule has 0 amide bonds. The fraction of sp³-hybridized carbons (Fsp3) is 0.429. The zero-order chi connectivity index (χ0) is 16.8. The van der Waals surface area contributed by atoms with Crippen LogP contribution in [0.15, 0.2) is 52.5 Å². The van der Waals surface area contributed by atoms with E-state index in [2.05, 4.69) is 77.1 Å². The zero-order valence-electron chi connectivity index (χ0n) is 14.3. The molecule has 2 fully saturated rings. The number of hydrogen-bond acceptors (Lipinski definition) is 0. The van der Waals surface area contributed by atoms with Crippen molar-refractivity contribution in [1.82, 2.24) is 0 Å². The first kappa shape index (κ1) is 15.5. The Kier molecular flexibility index (Phi) is 2.81. The van der Waals surface area contributed by atoms with Gasteiger partial charge in [-0.15, -0.1) is 0 Å². The van der Waals surface area contributed by atoms with Gasteiger partial charge in [-0.2, -0.15) is 0 Å². The molecule has 1 unspecified atom stereocenters. The molecule has 23 heavy (non-hydrogen) atoms. The molecule has 2 aliphatic carbocycles. The van der Waals surface area contributed by atoms with E-state index in [1.54, 1.807) is 0 Å². The second-order valence-corrected chi connectivity index (χ2v) is 9.24. The molecule has 2 aromatic rings. The lowest BCUT2D eigenvalue weighted by Gasteiger charge is -2.16. The van der Waals surface area contributed by atoms with E-state index in [1.165, 1.54) is 21.9 Å². The molecule has 120 valence electrons. The monoisotopic (exact) mass is 344 g/mol. The van der Waals surface area contributed by atoms with Crippen molar-refractivity contribution in [3.63, 3.8) is 0 Å². The van der Waals surface area contributed by atoms with E-state index in [1.807, 2.05) is 0 Å². The van der Waals surface area contributed by atoms with Crippen LogP contribution in [0.1, 0.15) is 40.2 Å². The van der Waals surface area contributed by atoms with Crippen molar-refractivity contribution in [2.24, 2.45) is 16.2 Å². The molecule has 1 spiro atoms. The van der Waals surface area contributed by atoms with Crippen LogP contribution < -0.4 is 0 Å². The first-order valence-corrected chi connectivity index (χ1v) is 8.96. The summed E-state index contributed by atoms with van der Waals surface area (Å²) in [5, 5.41) is 2.58. The molecule has 2 aromatic carbocycles. The summed E-state index contributed by atoms with van der Waals surface area (Å²) in [6.45, 7) is 11.7. The Morgan fingerprint density at radius 1 is 0.783 bits per heavy atom. The second-order valence-electron chi connectivity index (χ2n) is 8.29. The number of halogens is 2. The predicted octanol–water partition coefficient (Wildman–Crippen LogP) is 6.85. The van der Waals surface area contributed by atoms with Gasteiger partial charge in [0.15, 0.2) is 0 Å². The third kappa shape index (κ3) is 1.39. The molecule has 1 atom stereocenters. The van der Waals surface area contributed by atoms with Gasteiger partial charge in [0.2, 0.25) is 0 Å². The van der Waals surface area contributed by atoms with E-state index in [0.717, 1.165) is 0 Å². The van der Waals surface area contributed by atoms with E-state index in [0.29, 0.717) is 4.49 Å². The summed E-state index contributed by atoms with van der Waals surface area (Å²) in [6, 6.07) is 15.2. The van der Waals surface area contributed by atoms with Crippen LogP contribution >= 0.6 is 23.2 Å². The Bertz CT molecular complexity index is 849. The van der Waals surface area contributed by atoms with Crippen LogP contribution in [0.2, 0.25) is 0 Å². The highest BCUT2D eigenvalue weighted by Gasteiger charge is 2.95. The molecule has 2 aliphatic rings. The molecule has 0 heterocycles. The summed E-state index contributed by atoms with van der Waals surface area (Å²) >= 11 is 12.8. The van der Waals surface area contributed by atoms with Gasteiger partial charge in [-0.05, 0) is 32.7 Å². The van der Waals surface area contributed by atoms with Crippen molar-refractivity contribution in [1.29, 1.82) is 0 Å². The van der Waals surface area contributed by atoms with Crippen molar-refractivity contribution in [2.75, 3.05) is 0 Å². The van der Waals surface area contributed by atoms with Crippen molar-refractivity contribution >= 4 is 34.0 Å². The first-order chi connectivity index (χ1) is 10.7. The van der Waals surface area contributed by atoms with Gasteiger partial charge in [0.25, 0.3) is 0 Å². The molecule has 0 radical (unpaired) electrons. The minimum atomic E-state index is -0.0975. The van der Waals surface area contributed by atoms with E-state index in [9.17, 15) is 0 Å². The summed E-state index contributed by atoms with van der Waals surface area (Å²) in [5.41, 5.74) is 2.88. The summed E-state index contributed by atoms with van der Waals surface area (Å²) in [5.74, 6) is 0. The van der Waals surface area contributed by atoms with Gasteiger partial charge in [-0.1, -0.05) is 100 Å². The van der Waals surface area contributed by atoms with Crippen molar-refractivity contribution in [3.8, 4) is 0 Å². The van der Waals surface area contributed by atoms with E-state index in [4.69, 9.17) is 23.2 Å². The number of hydrogen-bond donors (Lipinski definition) is 0. The van der Waals surface area contributed by atoms with Crippen molar-refractivity contribution < 1.29 is 0 Å². The average Bonchev–Trinajstić information content (AvgIpc) is 3.21. The van der Waals surface area contributed by atoms with Crippen LogP contribution in [-0.2, 0) is 5.41 Å². The predicted molar refractivity (Wildman–Crippen MR) is 100 cm³/mol. The maximum Gasteiger partial charge on any atom is 0.107 e. The number of allylic oxidation sites excluding steroid dienone is 1. The summed E-state index contributed by atoms with van der Waals surface area (Å²) < 4.78 is 0.457. The van der Waals surface area contributed by atoms with E-state index < -0.39 is 0 Å². The highest BCUT2D eigenvalue weighted by molar-refractivity contribution is 6.56. The minimum absolute atomic E-state index is 0.0515. The van der Waals surface area contributed by atoms with Gasteiger partial charge in [-0.3, -0.25) is 0 Å². The van der Waals surface area contributed by atoms with Gasteiger partial charge < -0.3 is 0 Å². The van der Waals surface area contributed by atoms with Crippen LogP contribution in [0.5, 0.6) is 0 Å². The molecule has 2 heteroatoms. The Labute approximate surface area is 148 Å². The largest absolute Gasteiger partial charge is 0.107 e. The molecule has 0 aromatic heterocycles. The second kappa shape index (κ2) is 4.16. The van der Waals surface area contributed by atoms with Crippen LogP contribution in [0.4, 0.5) is 0 Å². The topological polar surface area (TPSA) is 0 Å². The molecule has 0 N–H and O–H groups in total. The molecule has 4 rings (SSSR count). The number of fused-ring (bicyclic) bond motifs is 1. The van der Waals surface area contributed by atoms with Crippen LogP contribution in [0, 0.1) is 16.2 Å². The molecular formula is C21H22Cl2. The smallest absolute Gasteiger partial charge is 0.0709 e. The summed E-state index contributed by atoms with van der Waals surface area (Å²) in [7, 11) is 0. The lowest BCUT2D eigenvalue weighted by Crippen LogP contribution is -2.10. The Hall–Kier alpha value is -0.980. The Balaban J connectivity index is 2.04. The molecular weight excluding hydrogens is 323 g/mol. The fourth-order valence-corrected chi connectivity index (χ4v) is 6.71. The zero-order valence-corrected chi connectivity index (χ0v) is 15.8. The summed E-state index contributed by atoms with van der Waals surface area (Å²) in [4.78, 5) is 0. The first-order valence-electron chi connectivity index (χ1n) is 8.20. The molecule has 0 aliphatic heterocycles. The van der Waals surface area contributed by atoms with Crippen LogP contribution in [-0.4, -0.2) is 0 Å². The van der Waals surface area contributed by atoms with Gasteiger partial charge >= 0.3 is 0 Å². The maximum atomic E-state index is 6.38. The minimum Gasteiger partial charge on any atom is -0.0709 e. The third-order valence-electron chi connectivity index (χ3n) is 7.45. The van der Waals surface area contributed by atoms with E-state index in [-0.39, 0.29) is 21.7 Å². The van der Waals surface area contributed by atoms with Crippen LogP contribution in [0.3, 0.4) is 0 Å². The standard InChI is InChI=1S/C21H22Cl2/c1-18(2)19(3,4)21(18)16(17(22)23)20(21,5)15-12-8-10-13-9-6-7-11-14(13)15/h6-12H,1-5H3. The Morgan fingerprint density at radius 2 is 1.35 bits per heavy atom. The molecule has 2 saturated carbocycles. The highest BCUT2D eigenvalue weighted by atomic mass is 35.5. The van der Waals surface area contributed by atoms with Gasteiger partial charge in [0.1, 0.15) is 4.49 Å². The quantitative estimate of drug-likeness (QED) is 0.530. The average molecular weight is 345 g/mol. The lowest BCUT2D eigenvalue weighted by atomic mass is 9.87. The molecule has 0 nitrogen and oxygen atoms in total. The van der Waals surface area contributed by atoms with Crippen molar-refractivity contribution in [3.05, 3.63) is 58.1 Å². The van der Waals surface area contributed by atoms with Crippen LogP contribution in [0.25, 0.3) is 10.8 Å². The normalized spacial score (nSPS) is 28.9. The Morgan fingerprint density at radius 3 is 1.87 bits per heavy atom. The third-order valence-corrected chi connectivity index (χ3v) is 7.83. The lowest BCUT2D eigenvalue weighted by molar-refractivity contribution is 0.457. The molecule has 0 saturated heterocycles. The van der Waals surface area contributed by atoms with E-state index >= 15 is 0 Å². The SMILES string of the molecule is CC1(c2cccc3ccccc23)C(=C(Cl)Cl)C12C(C)(C)C2(C)C. The number of benzene rings is 2. The van der Waals surface area contributed by atoms with Gasteiger partial charge in [0, 0.05) is 10.8 Å². The highest BCUT2D eigenvalue weighted by Crippen LogP contribution is 2.99. The number of rotatable bonds is 1. The summed E-state index contributed by atoms with van der Waals surface area (Å²) in [6.07, 6.45) is 0.